The normalized spacial score (nSPS) is 9.00. The third-order valence-electron chi connectivity index (χ3n) is 2.77. The molecule has 110 valence electrons. The number of hydrogen-bond acceptors (Lipinski definition) is 2. The van der Waals surface area contributed by atoms with E-state index in [4.69, 9.17) is 9.47 Å². The summed E-state index contributed by atoms with van der Waals surface area (Å²) >= 11 is 0. The summed E-state index contributed by atoms with van der Waals surface area (Å²) in [7, 11) is 0. The van der Waals surface area contributed by atoms with Crippen molar-refractivity contribution in [3.8, 4) is 35.2 Å². The summed E-state index contributed by atoms with van der Waals surface area (Å²) in [5.74, 6) is 13.4. The largest absolute Gasteiger partial charge is 0.494 e. The molecule has 0 aliphatic heterocycles. The first kappa shape index (κ1) is 15.5. The van der Waals surface area contributed by atoms with Crippen molar-refractivity contribution in [2.45, 2.75) is 13.8 Å². The lowest BCUT2D eigenvalue weighted by molar-refractivity contribution is 0.340. The number of benzene rings is 2. The van der Waals surface area contributed by atoms with Crippen molar-refractivity contribution in [2.75, 3.05) is 13.2 Å². The van der Waals surface area contributed by atoms with Gasteiger partial charge in [-0.15, -0.1) is 0 Å². The summed E-state index contributed by atoms with van der Waals surface area (Å²) in [6.07, 6.45) is 0. The van der Waals surface area contributed by atoms with E-state index in [9.17, 15) is 0 Å². The molecule has 0 saturated carbocycles. The molecule has 0 aliphatic carbocycles. The van der Waals surface area contributed by atoms with Crippen molar-refractivity contribution in [1.82, 2.24) is 0 Å². The second-order valence-corrected chi connectivity index (χ2v) is 4.42. The smallest absolute Gasteiger partial charge is 0.120 e. The molecule has 0 heterocycles. The maximum Gasteiger partial charge on any atom is 0.120 e. The molecule has 0 fully saturated rings. The van der Waals surface area contributed by atoms with Crippen molar-refractivity contribution >= 4 is 0 Å². The highest BCUT2D eigenvalue weighted by Crippen LogP contribution is 2.13. The highest BCUT2D eigenvalue weighted by atomic mass is 16.5. The molecule has 0 radical (unpaired) electrons. The fourth-order valence-corrected chi connectivity index (χ4v) is 1.87. The summed E-state index contributed by atoms with van der Waals surface area (Å²) in [5.41, 5.74) is 1.78. The topological polar surface area (TPSA) is 18.5 Å². The molecule has 0 saturated heterocycles. The Morgan fingerprint density at radius 3 is 1.59 bits per heavy atom. The van der Waals surface area contributed by atoms with E-state index < -0.39 is 0 Å². The van der Waals surface area contributed by atoms with Gasteiger partial charge < -0.3 is 9.47 Å². The van der Waals surface area contributed by atoms with Crippen molar-refractivity contribution in [1.29, 1.82) is 0 Å². The third kappa shape index (κ3) is 4.93. The molecule has 0 aromatic heterocycles. The van der Waals surface area contributed by atoms with Crippen LogP contribution in [0.1, 0.15) is 25.0 Å². The number of hydrogen-bond donors (Lipinski definition) is 0. The Bertz CT molecular complexity index is 674. The van der Waals surface area contributed by atoms with Crippen LogP contribution in [0, 0.1) is 23.7 Å². The van der Waals surface area contributed by atoms with Gasteiger partial charge in [0, 0.05) is 11.1 Å². The summed E-state index contributed by atoms with van der Waals surface area (Å²) < 4.78 is 10.9. The second kappa shape index (κ2) is 8.45. The average molecular weight is 290 g/mol. The molecule has 0 amide bonds. The van der Waals surface area contributed by atoms with E-state index in [1.165, 1.54) is 0 Å². The highest BCUT2D eigenvalue weighted by Gasteiger charge is 1.93. The van der Waals surface area contributed by atoms with Crippen LogP contribution in [0.4, 0.5) is 0 Å². The Balaban J connectivity index is 2.08. The maximum absolute atomic E-state index is 5.44. The van der Waals surface area contributed by atoms with Crippen LogP contribution >= 0.6 is 0 Å². The molecule has 0 spiro atoms. The van der Waals surface area contributed by atoms with Crippen LogP contribution in [0.2, 0.25) is 0 Å². The van der Waals surface area contributed by atoms with E-state index >= 15 is 0 Å². The van der Waals surface area contributed by atoms with Gasteiger partial charge >= 0.3 is 0 Å². The fourth-order valence-electron chi connectivity index (χ4n) is 1.87. The highest BCUT2D eigenvalue weighted by molar-refractivity contribution is 5.47. The minimum absolute atomic E-state index is 0.646. The molecule has 0 bridgehead atoms. The van der Waals surface area contributed by atoms with Gasteiger partial charge in [-0.2, -0.15) is 0 Å². The summed E-state index contributed by atoms with van der Waals surface area (Å²) in [5, 5.41) is 0. The van der Waals surface area contributed by atoms with Crippen LogP contribution in [-0.2, 0) is 0 Å². The molecule has 2 aromatic carbocycles. The zero-order valence-corrected chi connectivity index (χ0v) is 12.8. The van der Waals surface area contributed by atoms with E-state index in [0.29, 0.717) is 13.2 Å². The second-order valence-electron chi connectivity index (χ2n) is 4.42. The molecule has 22 heavy (non-hydrogen) atoms. The molecule has 0 N–H and O–H groups in total. The summed E-state index contributed by atoms with van der Waals surface area (Å²) in [6, 6.07) is 15.4. The lowest BCUT2D eigenvalue weighted by Crippen LogP contribution is -1.91. The number of rotatable bonds is 4. The van der Waals surface area contributed by atoms with Gasteiger partial charge in [0.25, 0.3) is 0 Å². The molecule has 0 atom stereocenters. The van der Waals surface area contributed by atoms with Crippen LogP contribution < -0.4 is 9.47 Å². The quantitative estimate of drug-likeness (QED) is 0.795. The van der Waals surface area contributed by atoms with Crippen molar-refractivity contribution in [3.05, 3.63) is 59.7 Å². The lowest BCUT2D eigenvalue weighted by Gasteiger charge is -2.01. The van der Waals surface area contributed by atoms with Crippen LogP contribution in [0.5, 0.6) is 11.5 Å². The zero-order valence-electron chi connectivity index (χ0n) is 12.8. The Hall–Kier alpha value is -2.84. The monoisotopic (exact) mass is 290 g/mol. The van der Waals surface area contributed by atoms with E-state index in [1.54, 1.807) is 0 Å². The zero-order chi connectivity index (χ0) is 15.6. The van der Waals surface area contributed by atoms with Crippen molar-refractivity contribution in [2.24, 2.45) is 0 Å². The molecule has 2 heteroatoms. The predicted octanol–water partition coefficient (Wildman–Crippen LogP) is 3.89. The van der Waals surface area contributed by atoms with Gasteiger partial charge in [0.15, 0.2) is 0 Å². The predicted molar refractivity (Wildman–Crippen MR) is 89.0 cm³/mol. The van der Waals surface area contributed by atoms with Crippen LogP contribution in [0.25, 0.3) is 0 Å². The molecular weight excluding hydrogens is 272 g/mol. The van der Waals surface area contributed by atoms with Crippen molar-refractivity contribution in [3.63, 3.8) is 0 Å². The van der Waals surface area contributed by atoms with E-state index in [2.05, 4.69) is 23.7 Å². The first-order valence-electron chi connectivity index (χ1n) is 7.29. The first-order valence-corrected chi connectivity index (χ1v) is 7.29. The van der Waals surface area contributed by atoms with Gasteiger partial charge in [0.1, 0.15) is 11.5 Å². The lowest BCUT2D eigenvalue weighted by atomic mass is 10.2. The summed E-state index contributed by atoms with van der Waals surface area (Å²) in [4.78, 5) is 0. The molecule has 0 unspecified atom stereocenters. The van der Waals surface area contributed by atoms with Crippen LogP contribution in [-0.4, -0.2) is 13.2 Å². The first-order chi connectivity index (χ1) is 10.8. The van der Waals surface area contributed by atoms with Crippen LogP contribution in [0.3, 0.4) is 0 Å². The molecule has 0 aliphatic rings. The van der Waals surface area contributed by atoms with Gasteiger partial charge in [0.2, 0.25) is 0 Å². The van der Waals surface area contributed by atoms with Gasteiger partial charge in [-0.25, -0.2) is 0 Å². The third-order valence-corrected chi connectivity index (χ3v) is 2.77. The van der Waals surface area contributed by atoms with Crippen molar-refractivity contribution < 1.29 is 9.47 Å². The Morgan fingerprint density at radius 2 is 1.18 bits per heavy atom. The van der Waals surface area contributed by atoms with Gasteiger partial charge in [0.05, 0.1) is 13.2 Å². The number of ether oxygens (including phenoxy) is 2. The average Bonchev–Trinajstić information content (AvgIpc) is 2.53. The molecule has 2 rings (SSSR count). The van der Waals surface area contributed by atoms with Gasteiger partial charge in [-0.05, 0) is 62.1 Å². The minimum Gasteiger partial charge on any atom is -0.494 e. The maximum atomic E-state index is 5.44. The SMILES string of the molecule is CCOc1cccc(C#CC#Cc2cccc(OCC)c2)c1. The van der Waals surface area contributed by atoms with Gasteiger partial charge in [-0.1, -0.05) is 24.0 Å². The Labute approximate surface area is 132 Å². The summed E-state index contributed by atoms with van der Waals surface area (Å²) in [6.45, 7) is 5.21. The van der Waals surface area contributed by atoms with E-state index in [-0.39, 0.29) is 0 Å². The molecule has 2 aromatic rings. The van der Waals surface area contributed by atoms with E-state index in [1.807, 2.05) is 62.4 Å². The van der Waals surface area contributed by atoms with E-state index in [0.717, 1.165) is 22.6 Å². The molecule has 2 nitrogen and oxygen atoms in total. The van der Waals surface area contributed by atoms with Crippen LogP contribution in [0.15, 0.2) is 48.5 Å². The minimum atomic E-state index is 0.646. The Morgan fingerprint density at radius 1 is 0.727 bits per heavy atom. The standard InChI is InChI=1S/C20H18O2/c1-3-21-19-13-7-11-17(15-19)9-5-6-10-18-12-8-14-20(16-18)22-4-2/h7-8,11-16H,3-4H2,1-2H3. The fraction of sp³-hybridized carbons (Fsp3) is 0.200. The Kier molecular flexibility index (Phi) is 5.97. The van der Waals surface area contributed by atoms with Gasteiger partial charge in [-0.3, -0.25) is 0 Å². The molecular formula is C20H18O2.